The molecule has 2 aromatic rings. The minimum atomic E-state index is 0.0609. The molecule has 4 nitrogen and oxygen atoms in total. The molecule has 3 N–H and O–H groups in total. The number of aromatic hydroxyl groups is 1. The third-order valence-corrected chi connectivity index (χ3v) is 3.15. The fraction of sp³-hybridized carbons (Fsp3) is 0.250. The average molecular weight is 273 g/mol. The zero-order chi connectivity index (χ0) is 14.4. The maximum absolute atomic E-state index is 9.96. The summed E-state index contributed by atoms with van der Waals surface area (Å²) in [6, 6.07) is 13.2. The lowest BCUT2D eigenvalue weighted by Crippen LogP contribution is -2.12. The van der Waals surface area contributed by atoms with E-state index in [2.05, 4.69) is 5.32 Å². The quantitative estimate of drug-likeness (QED) is 0.755. The Balaban J connectivity index is 1.92. The monoisotopic (exact) mass is 273 g/mol. The predicted octanol–water partition coefficient (Wildman–Crippen LogP) is 2.18. The number of rotatable bonds is 6. The number of aliphatic hydroxyl groups is 1. The first-order valence-electron chi connectivity index (χ1n) is 6.49. The van der Waals surface area contributed by atoms with E-state index in [4.69, 9.17) is 9.84 Å². The van der Waals surface area contributed by atoms with Crippen molar-refractivity contribution in [2.24, 2.45) is 0 Å². The standard InChI is InChI=1S/C16H19NO3/c1-20-15-4-2-3-14(16(15)19)10-17-9-12-5-7-13(11-18)8-6-12/h2-8,17-19H,9-11H2,1H3. The first kappa shape index (κ1) is 14.4. The van der Waals surface area contributed by atoms with E-state index in [1.165, 1.54) is 7.11 Å². The Hall–Kier alpha value is -2.04. The first-order valence-corrected chi connectivity index (χ1v) is 6.49. The number of phenols is 1. The second-order valence-corrected chi connectivity index (χ2v) is 4.55. The van der Waals surface area contributed by atoms with E-state index in [1.807, 2.05) is 36.4 Å². The number of benzene rings is 2. The molecule has 0 saturated heterocycles. The van der Waals surface area contributed by atoms with Gasteiger partial charge >= 0.3 is 0 Å². The molecular formula is C16H19NO3. The molecule has 0 fully saturated rings. The zero-order valence-electron chi connectivity index (χ0n) is 11.5. The van der Waals surface area contributed by atoms with E-state index in [0.717, 1.165) is 16.7 Å². The van der Waals surface area contributed by atoms with E-state index < -0.39 is 0 Å². The van der Waals surface area contributed by atoms with Gasteiger partial charge in [-0.3, -0.25) is 0 Å². The molecule has 0 bridgehead atoms. The van der Waals surface area contributed by atoms with Gasteiger partial charge in [0, 0.05) is 18.7 Å². The number of phenolic OH excluding ortho intramolecular Hbond substituents is 1. The van der Waals surface area contributed by atoms with Gasteiger partial charge in [-0.2, -0.15) is 0 Å². The van der Waals surface area contributed by atoms with Crippen LogP contribution < -0.4 is 10.1 Å². The van der Waals surface area contributed by atoms with Crippen molar-refractivity contribution in [1.82, 2.24) is 5.32 Å². The maximum Gasteiger partial charge on any atom is 0.162 e. The number of methoxy groups -OCH3 is 1. The molecule has 0 saturated carbocycles. The van der Waals surface area contributed by atoms with E-state index in [1.54, 1.807) is 6.07 Å². The minimum Gasteiger partial charge on any atom is -0.504 e. The van der Waals surface area contributed by atoms with Crippen molar-refractivity contribution in [3.8, 4) is 11.5 Å². The number of para-hydroxylation sites is 1. The molecule has 0 aliphatic heterocycles. The summed E-state index contributed by atoms with van der Waals surface area (Å²) in [4.78, 5) is 0. The first-order chi connectivity index (χ1) is 9.74. The average Bonchev–Trinajstić information content (AvgIpc) is 2.49. The Kier molecular flexibility index (Phi) is 4.98. The van der Waals surface area contributed by atoms with Crippen LogP contribution in [0.3, 0.4) is 0 Å². The molecular weight excluding hydrogens is 254 g/mol. The summed E-state index contributed by atoms with van der Waals surface area (Å²) >= 11 is 0. The number of hydrogen-bond donors (Lipinski definition) is 3. The van der Waals surface area contributed by atoms with Crippen molar-refractivity contribution in [1.29, 1.82) is 0 Å². The van der Waals surface area contributed by atoms with Crippen LogP contribution in [-0.4, -0.2) is 17.3 Å². The molecule has 0 radical (unpaired) electrons. The van der Waals surface area contributed by atoms with Gasteiger partial charge < -0.3 is 20.3 Å². The fourth-order valence-electron chi connectivity index (χ4n) is 1.98. The molecule has 20 heavy (non-hydrogen) atoms. The highest BCUT2D eigenvalue weighted by molar-refractivity contribution is 5.45. The Morgan fingerprint density at radius 1 is 1.00 bits per heavy atom. The number of hydrogen-bond acceptors (Lipinski definition) is 4. The Morgan fingerprint density at radius 2 is 1.70 bits per heavy atom. The highest BCUT2D eigenvalue weighted by Gasteiger charge is 2.06. The minimum absolute atomic E-state index is 0.0609. The van der Waals surface area contributed by atoms with Crippen molar-refractivity contribution in [3.63, 3.8) is 0 Å². The van der Waals surface area contributed by atoms with Crippen LogP contribution >= 0.6 is 0 Å². The summed E-state index contributed by atoms with van der Waals surface area (Å²) < 4.78 is 5.07. The van der Waals surface area contributed by atoms with E-state index >= 15 is 0 Å². The van der Waals surface area contributed by atoms with Crippen molar-refractivity contribution < 1.29 is 14.9 Å². The normalized spacial score (nSPS) is 10.5. The smallest absolute Gasteiger partial charge is 0.162 e. The number of aliphatic hydroxyl groups excluding tert-OH is 1. The molecule has 0 unspecified atom stereocenters. The van der Waals surface area contributed by atoms with Crippen LogP contribution in [0, 0.1) is 0 Å². The van der Waals surface area contributed by atoms with Crippen LogP contribution in [-0.2, 0) is 19.7 Å². The highest BCUT2D eigenvalue weighted by Crippen LogP contribution is 2.29. The Morgan fingerprint density at radius 3 is 2.35 bits per heavy atom. The summed E-state index contributed by atoms with van der Waals surface area (Å²) in [6.07, 6.45) is 0. The topological polar surface area (TPSA) is 61.7 Å². The molecule has 2 rings (SSSR count). The van der Waals surface area contributed by atoms with Crippen LogP contribution in [0.4, 0.5) is 0 Å². The predicted molar refractivity (Wildman–Crippen MR) is 77.6 cm³/mol. The molecule has 2 aromatic carbocycles. The van der Waals surface area contributed by atoms with Gasteiger partial charge in [-0.1, -0.05) is 36.4 Å². The van der Waals surface area contributed by atoms with Gasteiger partial charge in [0.25, 0.3) is 0 Å². The van der Waals surface area contributed by atoms with Crippen molar-refractivity contribution in [3.05, 3.63) is 59.2 Å². The SMILES string of the molecule is COc1cccc(CNCc2ccc(CO)cc2)c1O. The van der Waals surface area contributed by atoms with Gasteiger partial charge in [-0.25, -0.2) is 0 Å². The van der Waals surface area contributed by atoms with Crippen molar-refractivity contribution in [2.45, 2.75) is 19.7 Å². The van der Waals surface area contributed by atoms with Gasteiger partial charge in [-0.15, -0.1) is 0 Å². The molecule has 0 heterocycles. The zero-order valence-corrected chi connectivity index (χ0v) is 11.5. The van der Waals surface area contributed by atoms with E-state index in [9.17, 15) is 5.11 Å². The highest BCUT2D eigenvalue weighted by atomic mass is 16.5. The van der Waals surface area contributed by atoms with Crippen LogP contribution in [0.1, 0.15) is 16.7 Å². The molecule has 106 valence electrons. The van der Waals surface area contributed by atoms with Crippen LogP contribution in [0.15, 0.2) is 42.5 Å². The molecule has 0 amide bonds. The van der Waals surface area contributed by atoms with Gasteiger partial charge in [0.2, 0.25) is 0 Å². The summed E-state index contributed by atoms with van der Waals surface area (Å²) in [6.45, 7) is 1.32. The van der Waals surface area contributed by atoms with Crippen LogP contribution in [0.5, 0.6) is 11.5 Å². The van der Waals surface area contributed by atoms with Crippen molar-refractivity contribution >= 4 is 0 Å². The Labute approximate surface area is 118 Å². The molecule has 0 spiro atoms. The molecule has 4 heteroatoms. The largest absolute Gasteiger partial charge is 0.504 e. The lowest BCUT2D eigenvalue weighted by atomic mass is 10.1. The molecule has 0 aliphatic carbocycles. The summed E-state index contributed by atoms with van der Waals surface area (Å²) in [5.41, 5.74) is 2.83. The van der Waals surface area contributed by atoms with E-state index in [0.29, 0.717) is 18.8 Å². The molecule has 0 aliphatic rings. The maximum atomic E-state index is 9.96. The van der Waals surface area contributed by atoms with Gasteiger partial charge in [0.15, 0.2) is 11.5 Å². The van der Waals surface area contributed by atoms with Crippen LogP contribution in [0.2, 0.25) is 0 Å². The Bertz CT molecular complexity index is 552. The van der Waals surface area contributed by atoms with Crippen molar-refractivity contribution in [2.75, 3.05) is 7.11 Å². The third kappa shape index (κ3) is 3.50. The van der Waals surface area contributed by atoms with E-state index in [-0.39, 0.29) is 12.4 Å². The molecule has 0 atom stereocenters. The number of nitrogens with one attached hydrogen (secondary N) is 1. The third-order valence-electron chi connectivity index (χ3n) is 3.15. The molecule has 0 aromatic heterocycles. The summed E-state index contributed by atoms with van der Waals surface area (Å²) in [5, 5.41) is 22.2. The van der Waals surface area contributed by atoms with Gasteiger partial charge in [0.1, 0.15) is 0 Å². The lowest BCUT2D eigenvalue weighted by Gasteiger charge is -2.10. The fourth-order valence-corrected chi connectivity index (χ4v) is 1.98. The summed E-state index contributed by atoms with van der Waals surface area (Å²) in [7, 11) is 1.54. The van der Waals surface area contributed by atoms with Crippen LogP contribution in [0.25, 0.3) is 0 Å². The lowest BCUT2D eigenvalue weighted by molar-refractivity contribution is 0.282. The second-order valence-electron chi connectivity index (χ2n) is 4.55. The van der Waals surface area contributed by atoms with Gasteiger partial charge in [0.05, 0.1) is 13.7 Å². The summed E-state index contributed by atoms with van der Waals surface area (Å²) in [5.74, 6) is 0.662. The second kappa shape index (κ2) is 6.93. The number of ether oxygens (including phenoxy) is 1. The van der Waals surface area contributed by atoms with Gasteiger partial charge in [-0.05, 0) is 17.2 Å².